The largest absolute Gasteiger partial charge is 0.476 e. The number of aryl methyl sites for hydroxylation is 2. The van der Waals surface area contributed by atoms with E-state index >= 15 is 0 Å². The second-order valence-corrected chi connectivity index (χ2v) is 5.54. The predicted molar refractivity (Wildman–Crippen MR) is 76.6 cm³/mol. The van der Waals surface area contributed by atoms with Crippen molar-refractivity contribution in [2.45, 2.75) is 39.5 Å². The lowest BCUT2D eigenvalue weighted by Crippen LogP contribution is -2.08. The Bertz CT molecular complexity index is 666. The molecule has 1 aliphatic rings. The van der Waals surface area contributed by atoms with Gasteiger partial charge in [-0.25, -0.2) is 9.48 Å². The number of nitrogens with zero attached hydrogens (tertiary/aromatic N) is 2. The first-order valence-corrected chi connectivity index (χ1v) is 6.99. The van der Waals surface area contributed by atoms with Crippen LogP contribution in [0.5, 0.6) is 0 Å². The summed E-state index contributed by atoms with van der Waals surface area (Å²) in [5.74, 6) is -0.925. The standard InChI is InChI=1S/C16H18N2O2/c1-10-7-11(2)9-12(8-10)18-14-6-4-3-5-13(14)15(17-18)16(19)20/h7-9H,3-6H2,1-2H3,(H,19,20). The van der Waals surface area contributed by atoms with Crippen molar-refractivity contribution in [1.29, 1.82) is 0 Å². The highest BCUT2D eigenvalue weighted by molar-refractivity contribution is 5.87. The lowest BCUT2D eigenvalue weighted by molar-refractivity contribution is 0.0688. The maximum atomic E-state index is 11.4. The molecule has 4 nitrogen and oxygen atoms in total. The molecule has 0 atom stereocenters. The van der Waals surface area contributed by atoms with Crippen LogP contribution in [-0.2, 0) is 12.8 Å². The lowest BCUT2D eigenvalue weighted by Gasteiger charge is -2.14. The minimum absolute atomic E-state index is 0.221. The van der Waals surface area contributed by atoms with Gasteiger partial charge in [0.05, 0.1) is 5.69 Å². The molecule has 0 radical (unpaired) electrons. The van der Waals surface area contributed by atoms with Gasteiger partial charge in [0.15, 0.2) is 5.69 Å². The summed E-state index contributed by atoms with van der Waals surface area (Å²) < 4.78 is 1.83. The average Bonchev–Trinajstić information content (AvgIpc) is 2.77. The van der Waals surface area contributed by atoms with Crippen molar-refractivity contribution in [1.82, 2.24) is 9.78 Å². The Morgan fingerprint density at radius 2 is 1.80 bits per heavy atom. The van der Waals surface area contributed by atoms with Gasteiger partial charge in [-0.3, -0.25) is 0 Å². The fourth-order valence-corrected chi connectivity index (χ4v) is 3.06. The maximum absolute atomic E-state index is 11.4. The fraction of sp³-hybridized carbons (Fsp3) is 0.375. The minimum atomic E-state index is -0.925. The molecule has 1 aromatic carbocycles. The van der Waals surface area contributed by atoms with Gasteiger partial charge in [-0.2, -0.15) is 5.10 Å². The van der Waals surface area contributed by atoms with E-state index in [1.54, 1.807) is 0 Å². The first-order valence-electron chi connectivity index (χ1n) is 6.99. The van der Waals surface area contributed by atoms with E-state index in [1.807, 2.05) is 18.5 Å². The first-order chi connectivity index (χ1) is 9.56. The van der Waals surface area contributed by atoms with E-state index in [4.69, 9.17) is 0 Å². The molecule has 1 N–H and O–H groups in total. The van der Waals surface area contributed by atoms with Crippen molar-refractivity contribution in [3.8, 4) is 5.69 Å². The molecule has 0 fully saturated rings. The fourth-order valence-electron chi connectivity index (χ4n) is 3.06. The summed E-state index contributed by atoms with van der Waals surface area (Å²) in [5, 5.41) is 13.7. The van der Waals surface area contributed by atoms with Gasteiger partial charge in [0.1, 0.15) is 0 Å². The third-order valence-corrected chi connectivity index (χ3v) is 3.83. The van der Waals surface area contributed by atoms with Crippen LogP contribution in [0.4, 0.5) is 0 Å². The third kappa shape index (κ3) is 2.11. The van der Waals surface area contributed by atoms with Crippen LogP contribution in [0.15, 0.2) is 18.2 Å². The Morgan fingerprint density at radius 1 is 1.15 bits per heavy atom. The van der Waals surface area contributed by atoms with Gasteiger partial charge in [-0.05, 0) is 62.8 Å². The molecule has 0 saturated heterocycles. The zero-order valence-electron chi connectivity index (χ0n) is 11.8. The SMILES string of the molecule is Cc1cc(C)cc(-n2nc(C(=O)O)c3c2CCCC3)c1. The number of aromatic carboxylic acids is 1. The molecule has 0 unspecified atom stereocenters. The van der Waals surface area contributed by atoms with E-state index in [2.05, 4.69) is 23.3 Å². The van der Waals surface area contributed by atoms with E-state index in [0.717, 1.165) is 53.8 Å². The normalized spacial score (nSPS) is 14.1. The smallest absolute Gasteiger partial charge is 0.356 e. The number of carbonyl (C=O) groups is 1. The van der Waals surface area contributed by atoms with E-state index in [0.29, 0.717) is 0 Å². The van der Waals surface area contributed by atoms with Gasteiger partial charge in [0, 0.05) is 11.3 Å². The Kier molecular flexibility index (Phi) is 3.08. The van der Waals surface area contributed by atoms with Crippen LogP contribution in [0, 0.1) is 13.8 Å². The van der Waals surface area contributed by atoms with Crippen LogP contribution in [0.25, 0.3) is 5.69 Å². The van der Waals surface area contributed by atoms with Crippen LogP contribution in [-0.4, -0.2) is 20.9 Å². The van der Waals surface area contributed by atoms with Gasteiger partial charge in [0.25, 0.3) is 0 Å². The molecule has 1 aliphatic carbocycles. The molecular weight excluding hydrogens is 252 g/mol. The molecular formula is C16H18N2O2. The molecule has 4 heteroatoms. The summed E-state index contributed by atoms with van der Waals surface area (Å²) in [4.78, 5) is 11.4. The number of benzene rings is 1. The van der Waals surface area contributed by atoms with E-state index in [1.165, 1.54) is 0 Å². The molecule has 0 saturated carbocycles. The quantitative estimate of drug-likeness (QED) is 0.912. The highest BCUT2D eigenvalue weighted by atomic mass is 16.4. The Labute approximate surface area is 118 Å². The second kappa shape index (κ2) is 4.78. The Hall–Kier alpha value is -2.10. The van der Waals surface area contributed by atoms with Crippen molar-refractivity contribution in [3.63, 3.8) is 0 Å². The zero-order chi connectivity index (χ0) is 14.3. The highest BCUT2D eigenvalue weighted by Crippen LogP contribution is 2.27. The first kappa shape index (κ1) is 12.9. The molecule has 1 aromatic heterocycles. The molecule has 0 bridgehead atoms. The predicted octanol–water partition coefficient (Wildman–Crippen LogP) is 3.07. The average molecular weight is 270 g/mol. The molecule has 3 rings (SSSR count). The van der Waals surface area contributed by atoms with Crippen molar-refractivity contribution >= 4 is 5.97 Å². The molecule has 0 aliphatic heterocycles. The minimum Gasteiger partial charge on any atom is -0.476 e. The van der Waals surface area contributed by atoms with E-state index in [-0.39, 0.29) is 5.69 Å². The molecule has 20 heavy (non-hydrogen) atoms. The summed E-state index contributed by atoms with van der Waals surface area (Å²) in [6.45, 7) is 4.09. The summed E-state index contributed by atoms with van der Waals surface area (Å²) in [6, 6.07) is 6.22. The van der Waals surface area contributed by atoms with Gasteiger partial charge in [-0.15, -0.1) is 0 Å². The number of hydrogen-bond donors (Lipinski definition) is 1. The number of aromatic nitrogens is 2. The summed E-state index contributed by atoms with van der Waals surface area (Å²) in [5.41, 5.74) is 5.50. The van der Waals surface area contributed by atoms with Crippen LogP contribution < -0.4 is 0 Å². The van der Waals surface area contributed by atoms with Gasteiger partial charge < -0.3 is 5.11 Å². The zero-order valence-corrected chi connectivity index (χ0v) is 11.8. The number of carboxylic acids is 1. The van der Waals surface area contributed by atoms with Crippen LogP contribution in [0.2, 0.25) is 0 Å². The topological polar surface area (TPSA) is 55.1 Å². The second-order valence-electron chi connectivity index (χ2n) is 5.54. The number of hydrogen-bond acceptors (Lipinski definition) is 2. The van der Waals surface area contributed by atoms with Gasteiger partial charge in [0.2, 0.25) is 0 Å². The van der Waals surface area contributed by atoms with Crippen LogP contribution >= 0.6 is 0 Å². The summed E-state index contributed by atoms with van der Waals surface area (Å²) in [7, 11) is 0. The number of fused-ring (bicyclic) bond motifs is 1. The molecule has 0 spiro atoms. The summed E-state index contributed by atoms with van der Waals surface area (Å²) >= 11 is 0. The third-order valence-electron chi connectivity index (χ3n) is 3.83. The Morgan fingerprint density at radius 3 is 2.45 bits per heavy atom. The molecule has 0 amide bonds. The van der Waals surface area contributed by atoms with E-state index in [9.17, 15) is 9.90 Å². The van der Waals surface area contributed by atoms with Crippen LogP contribution in [0.1, 0.15) is 45.7 Å². The van der Waals surface area contributed by atoms with Gasteiger partial charge in [-0.1, -0.05) is 6.07 Å². The van der Waals surface area contributed by atoms with E-state index < -0.39 is 5.97 Å². The van der Waals surface area contributed by atoms with Crippen molar-refractivity contribution < 1.29 is 9.90 Å². The lowest BCUT2D eigenvalue weighted by atomic mass is 9.95. The van der Waals surface area contributed by atoms with Crippen molar-refractivity contribution in [3.05, 3.63) is 46.3 Å². The molecule has 104 valence electrons. The monoisotopic (exact) mass is 270 g/mol. The molecule has 2 aromatic rings. The Balaban J connectivity index is 2.20. The van der Waals surface area contributed by atoms with Crippen LogP contribution in [0.3, 0.4) is 0 Å². The van der Waals surface area contributed by atoms with Gasteiger partial charge >= 0.3 is 5.97 Å². The van der Waals surface area contributed by atoms with Crippen molar-refractivity contribution in [2.75, 3.05) is 0 Å². The number of carboxylic acid groups (broad SMARTS) is 1. The summed E-state index contributed by atoms with van der Waals surface area (Å²) in [6.07, 6.45) is 3.87. The molecule has 1 heterocycles. The van der Waals surface area contributed by atoms with Crippen molar-refractivity contribution in [2.24, 2.45) is 0 Å². The highest BCUT2D eigenvalue weighted by Gasteiger charge is 2.25. The maximum Gasteiger partial charge on any atom is 0.356 e. The number of rotatable bonds is 2.